The molecule has 0 bridgehead atoms. The summed E-state index contributed by atoms with van der Waals surface area (Å²) in [5.41, 5.74) is 0. The zero-order chi connectivity index (χ0) is 14.6. The zero-order valence-corrected chi connectivity index (χ0v) is 15.3. The van der Waals surface area contributed by atoms with Gasteiger partial charge >= 0.3 is 0 Å². The van der Waals surface area contributed by atoms with Crippen LogP contribution in [0.2, 0.25) is 0 Å². The van der Waals surface area contributed by atoms with Crippen LogP contribution >= 0.6 is 28.3 Å². The van der Waals surface area contributed by atoms with Crippen molar-refractivity contribution in [2.75, 3.05) is 19.6 Å². The summed E-state index contributed by atoms with van der Waals surface area (Å²) in [5, 5.41) is 3.28. The molecule has 1 aromatic rings. The molecule has 1 aliphatic rings. The average molecular weight is 398 g/mol. The summed E-state index contributed by atoms with van der Waals surface area (Å²) < 4.78 is 28.2. The van der Waals surface area contributed by atoms with Crippen LogP contribution in [-0.2, 0) is 10.0 Å². The Morgan fingerprint density at radius 3 is 2.57 bits per heavy atom. The Labute approximate surface area is 141 Å². The average Bonchev–Trinajstić information content (AvgIpc) is 2.45. The van der Waals surface area contributed by atoms with E-state index in [1.807, 2.05) is 13.0 Å². The van der Waals surface area contributed by atoms with Crippen LogP contribution in [0.4, 0.5) is 0 Å². The first-order valence-electron chi connectivity index (χ1n) is 7.04. The van der Waals surface area contributed by atoms with Crippen LogP contribution in [-0.4, -0.2) is 38.4 Å². The van der Waals surface area contributed by atoms with E-state index in [1.165, 1.54) is 0 Å². The molecular formula is C14H22BrClN2O2S. The topological polar surface area (TPSA) is 49.4 Å². The van der Waals surface area contributed by atoms with Crippen molar-refractivity contribution >= 4 is 38.4 Å². The van der Waals surface area contributed by atoms with E-state index in [0.717, 1.165) is 36.8 Å². The molecule has 120 valence electrons. The third-order valence-electron chi connectivity index (χ3n) is 3.56. The van der Waals surface area contributed by atoms with E-state index in [-0.39, 0.29) is 18.4 Å². The number of halogens is 2. The number of piperidine rings is 1. The van der Waals surface area contributed by atoms with Crippen LogP contribution in [0.5, 0.6) is 0 Å². The molecular weight excluding hydrogens is 376 g/mol. The lowest BCUT2D eigenvalue weighted by Crippen LogP contribution is -2.46. The Morgan fingerprint density at radius 2 is 2.00 bits per heavy atom. The molecule has 0 saturated carbocycles. The van der Waals surface area contributed by atoms with Crippen molar-refractivity contribution in [1.29, 1.82) is 0 Å². The van der Waals surface area contributed by atoms with E-state index in [1.54, 1.807) is 22.5 Å². The molecule has 0 radical (unpaired) electrons. The number of nitrogens with zero attached hydrogens (tertiary/aromatic N) is 1. The van der Waals surface area contributed by atoms with Gasteiger partial charge in [-0.1, -0.05) is 28.9 Å². The molecule has 0 atom stereocenters. The minimum atomic E-state index is -3.41. The smallest absolute Gasteiger partial charge is 0.243 e. The van der Waals surface area contributed by atoms with Crippen molar-refractivity contribution in [3.05, 3.63) is 28.7 Å². The highest BCUT2D eigenvalue weighted by Gasteiger charge is 2.31. The van der Waals surface area contributed by atoms with Gasteiger partial charge in [-0.2, -0.15) is 4.31 Å². The standard InChI is InChI=1S/C14H21BrN2O2S.ClH/c1-2-10-17(13-6-8-16-9-7-13)20(18,19)14-5-3-4-12(15)11-14;/h3-5,11,13,16H,2,6-10H2,1H3;1H. The first kappa shape index (κ1) is 18.9. The minimum Gasteiger partial charge on any atom is -0.317 e. The van der Waals surface area contributed by atoms with Gasteiger partial charge in [-0.3, -0.25) is 0 Å². The lowest BCUT2D eigenvalue weighted by atomic mass is 10.1. The molecule has 0 unspecified atom stereocenters. The van der Waals surface area contributed by atoms with Crippen LogP contribution in [0, 0.1) is 0 Å². The molecule has 1 fully saturated rings. The minimum absolute atomic E-state index is 0. The van der Waals surface area contributed by atoms with Gasteiger partial charge in [0.1, 0.15) is 0 Å². The SMILES string of the molecule is CCCN(C1CCNCC1)S(=O)(=O)c1cccc(Br)c1.Cl. The van der Waals surface area contributed by atoms with E-state index < -0.39 is 10.0 Å². The molecule has 1 heterocycles. The molecule has 21 heavy (non-hydrogen) atoms. The zero-order valence-electron chi connectivity index (χ0n) is 12.1. The lowest BCUT2D eigenvalue weighted by Gasteiger charge is -2.33. The van der Waals surface area contributed by atoms with Crippen molar-refractivity contribution < 1.29 is 8.42 Å². The number of hydrogen-bond donors (Lipinski definition) is 1. The fourth-order valence-corrected chi connectivity index (χ4v) is 4.95. The third-order valence-corrected chi connectivity index (χ3v) is 6.00. The predicted molar refractivity (Wildman–Crippen MR) is 91.5 cm³/mol. The van der Waals surface area contributed by atoms with E-state index in [0.29, 0.717) is 11.4 Å². The highest BCUT2D eigenvalue weighted by molar-refractivity contribution is 9.10. The van der Waals surface area contributed by atoms with Gasteiger partial charge in [0, 0.05) is 17.1 Å². The number of rotatable bonds is 5. The quantitative estimate of drug-likeness (QED) is 0.831. The number of sulfonamides is 1. The summed E-state index contributed by atoms with van der Waals surface area (Å²) in [5.74, 6) is 0. The second-order valence-corrected chi connectivity index (χ2v) is 7.86. The van der Waals surface area contributed by atoms with Gasteiger partial charge in [0.05, 0.1) is 4.90 Å². The lowest BCUT2D eigenvalue weighted by molar-refractivity contribution is 0.262. The summed E-state index contributed by atoms with van der Waals surface area (Å²) in [6.07, 6.45) is 2.59. The Bertz CT molecular complexity index is 548. The van der Waals surface area contributed by atoms with Crippen molar-refractivity contribution in [2.45, 2.75) is 37.1 Å². The maximum atomic E-state index is 12.9. The maximum absolute atomic E-state index is 12.9. The third kappa shape index (κ3) is 4.66. The van der Waals surface area contributed by atoms with Crippen LogP contribution in [0.3, 0.4) is 0 Å². The monoisotopic (exact) mass is 396 g/mol. The van der Waals surface area contributed by atoms with Gasteiger partial charge < -0.3 is 5.32 Å². The van der Waals surface area contributed by atoms with Crippen molar-refractivity contribution in [1.82, 2.24) is 9.62 Å². The van der Waals surface area contributed by atoms with Gasteiger partial charge in [-0.05, 0) is 50.6 Å². The summed E-state index contributed by atoms with van der Waals surface area (Å²) >= 11 is 3.35. The van der Waals surface area contributed by atoms with Gasteiger partial charge in [0.25, 0.3) is 0 Å². The van der Waals surface area contributed by atoms with Crippen LogP contribution in [0.1, 0.15) is 26.2 Å². The molecule has 1 aromatic carbocycles. The second-order valence-electron chi connectivity index (χ2n) is 5.05. The van der Waals surface area contributed by atoms with E-state index in [9.17, 15) is 8.42 Å². The number of benzene rings is 1. The summed E-state index contributed by atoms with van der Waals surface area (Å²) in [6, 6.07) is 7.07. The largest absolute Gasteiger partial charge is 0.317 e. The Balaban J connectivity index is 0.00000220. The molecule has 0 aromatic heterocycles. The molecule has 2 rings (SSSR count). The predicted octanol–water partition coefficient (Wildman–Crippen LogP) is 3.02. The van der Waals surface area contributed by atoms with E-state index in [2.05, 4.69) is 21.2 Å². The van der Waals surface area contributed by atoms with E-state index >= 15 is 0 Å². The molecule has 0 spiro atoms. The number of nitrogens with one attached hydrogen (secondary N) is 1. The van der Waals surface area contributed by atoms with Crippen molar-refractivity contribution in [3.63, 3.8) is 0 Å². The normalized spacial score (nSPS) is 16.7. The Hall–Kier alpha value is -0.140. The first-order valence-corrected chi connectivity index (χ1v) is 9.27. The van der Waals surface area contributed by atoms with Crippen LogP contribution < -0.4 is 5.32 Å². The van der Waals surface area contributed by atoms with Gasteiger partial charge in [0.2, 0.25) is 10.0 Å². The molecule has 0 aliphatic carbocycles. The van der Waals surface area contributed by atoms with Gasteiger partial charge in [-0.25, -0.2) is 8.42 Å². The molecule has 4 nitrogen and oxygen atoms in total. The van der Waals surface area contributed by atoms with Crippen molar-refractivity contribution in [3.8, 4) is 0 Å². The molecule has 1 saturated heterocycles. The summed E-state index contributed by atoms with van der Waals surface area (Å²) in [4.78, 5) is 0.374. The Kier molecular flexibility index (Phi) is 7.64. The second kappa shape index (κ2) is 8.48. The fraction of sp³-hybridized carbons (Fsp3) is 0.571. The molecule has 7 heteroatoms. The van der Waals surface area contributed by atoms with E-state index in [4.69, 9.17) is 0 Å². The van der Waals surface area contributed by atoms with Crippen LogP contribution in [0.15, 0.2) is 33.6 Å². The molecule has 0 amide bonds. The Morgan fingerprint density at radius 1 is 1.33 bits per heavy atom. The highest BCUT2D eigenvalue weighted by atomic mass is 79.9. The fourth-order valence-electron chi connectivity index (χ4n) is 2.58. The van der Waals surface area contributed by atoms with Crippen LogP contribution in [0.25, 0.3) is 0 Å². The summed E-state index contributed by atoms with van der Waals surface area (Å²) in [7, 11) is -3.41. The molecule has 1 aliphatic heterocycles. The maximum Gasteiger partial charge on any atom is 0.243 e. The molecule has 1 N–H and O–H groups in total. The van der Waals surface area contributed by atoms with Crippen molar-refractivity contribution in [2.24, 2.45) is 0 Å². The summed E-state index contributed by atoms with van der Waals surface area (Å²) in [6.45, 7) is 4.38. The number of hydrogen-bond acceptors (Lipinski definition) is 3. The van der Waals surface area contributed by atoms with Gasteiger partial charge in [-0.15, -0.1) is 12.4 Å². The highest BCUT2D eigenvalue weighted by Crippen LogP contribution is 2.24. The first-order chi connectivity index (χ1) is 9.55. The van der Waals surface area contributed by atoms with Gasteiger partial charge in [0.15, 0.2) is 0 Å².